The molecule has 0 aliphatic rings. The first-order valence-electron chi connectivity index (χ1n) is 7.14. The van der Waals surface area contributed by atoms with E-state index in [0.717, 1.165) is 0 Å². The molecule has 1 aromatic heterocycles. The molecule has 0 fully saturated rings. The van der Waals surface area contributed by atoms with Crippen molar-refractivity contribution in [2.24, 2.45) is 5.10 Å². The molecule has 0 saturated heterocycles. The summed E-state index contributed by atoms with van der Waals surface area (Å²) in [6.45, 7) is 0. The van der Waals surface area contributed by atoms with Crippen LogP contribution >= 0.6 is 34.8 Å². The van der Waals surface area contributed by atoms with Crippen molar-refractivity contribution in [1.29, 1.82) is 0 Å². The highest BCUT2D eigenvalue weighted by Crippen LogP contribution is 2.22. The van der Waals surface area contributed by atoms with Gasteiger partial charge >= 0.3 is 0 Å². The number of hydrogen-bond donors (Lipinski definition) is 1. The number of hydrazone groups is 1. The summed E-state index contributed by atoms with van der Waals surface area (Å²) in [5.41, 5.74) is 3.67. The summed E-state index contributed by atoms with van der Waals surface area (Å²) in [5.74, 6) is 0. The third-order valence-electron chi connectivity index (χ3n) is 3.30. The van der Waals surface area contributed by atoms with Gasteiger partial charge < -0.3 is 0 Å². The number of rotatable bonds is 4. The molecule has 0 unspecified atom stereocenters. The first kappa shape index (κ1) is 17.5. The number of para-hydroxylation sites is 1. The second-order valence-electron chi connectivity index (χ2n) is 4.93. The highest BCUT2D eigenvalue weighted by molar-refractivity contribution is 6.38. The Kier molecular flexibility index (Phi) is 5.38. The maximum absolute atomic E-state index is 12.4. The Morgan fingerprint density at radius 3 is 2.36 bits per heavy atom. The van der Waals surface area contributed by atoms with Gasteiger partial charge in [-0.15, -0.1) is 0 Å². The van der Waals surface area contributed by atoms with E-state index in [0.29, 0.717) is 21.3 Å². The lowest BCUT2D eigenvalue weighted by atomic mass is 10.2. The minimum atomic E-state index is -0.455. The number of hydrogen-bond acceptors (Lipinski definition) is 4. The van der Waals surface area contributed by atoms with E-state index >= 15 is 0 Å². The number of halogens is 3. The van der Waals surface area contributed by atoms with Crippen molar-refractivity contribution in [3.8, 4) is 5.69 Å². The van der Waals surface area contributed by atoms with Gasteiger partial charge in [0.1, 0.15) is 10.7 Å². The van der Waals surface area contributed by atoms with Crippen LogP contribution in [0.4, 0.5) is 5.69 Å². The summed E-state index contributed by atoms with van der Waals surface area (Å²) >= 11 is 18.3. The zero-order valence-corrected chi connectivity index (χ0v) is 14.9. The van der Waals surface area contributed by atoms with Gasteiger partial charge in [0, 0.05) is 5.56 Å². The molecule has 0 amide bonds. The highest BCUT2D eigenvalue weighted by Gasteiger charge is 2.10. The zero-order chi connectivity index (χ0) is 17.8. The first-order valence-corrected chi connectivity index (χ1v) is 8.27. The molecular weight excluding hydrogens is 383 g/mol. The van der Waals surface area contributed by atoms with Crippen molar-refractivity contribution in [1.82, 2.24) is 9.78 Å². The third kappa shape index (κ3) is 3.85. The molecule has 1 N–H and O–H groups in total. The van der Waals surface area contributed by atoms with E-state index < -0.39 is 5.56 Å². The Morgan fingerprint density at radius 1 is 1.00 bits per heavy atom. The van der Waals surface area contributed by atoms with Crippen LogP contribution in [0.25, 0.3) is 5.69 Å². The molecule has 8 heteroatoms. The number of nitrogens with zero attached hydrogens (tertiary/aromatic N) is 3. The fraction of sp³-hybridized carbons (Fsp3) is 0. The summed E-state index contributed by atoms with van der Waals surface area (Å²) < 4.78 is 1.21. The van der Waals surface area contributed by atoms with Crippen LogP contribution < -0.4 is 11.0 Å². The van der Waals surface area contributed by atoms with Gasteiger partial charge in [0.2, 0.25) is 0 Å². The number of benzene rings is 2. The van der Waals surface area contributed by atoms with E-state index in [4.69, 9.17) is 34.8 Å². The molecule has 0 saturated carbocycles. The quantitative estimate of drug-likeness (QED) is 0.519. The van der Waals surface area contributed by atoms with Crippen molar-refractivity contribution >= 4 is 46.7 Å². The summed E-state index contributed by atoms with van der Waals surface area (Å²) in [6.07, 6.45) is 2.87. The molecule has 3 rings (SSSR count). The Balaban J connectivity index is 1.86. The SMILES string of the molecule is O=c1c(Cl)c(N/N=C/c2c(Cl)cccc2Cl)cnn1-c1ccccc1. The van der Waals surface area contributed by atoms with Gasteiger partial charge in [0.15, 0.2) is 0 Å². The maximum atomic E-state index is 12.4. The average molecular weight is 394 g/mol. The van der Waals surface area contributed by atoms with Crippen LogP contribution in [0.2, 0.25) is 15.1 Å². The van der Waals surface area contributed by atoms with Crippen molar-refractivity contribution in [2.75, 3.05) is 5.43 Å². The molecule has 0 bridgehead atoms. The molecule has 0 spiro atoms. The summed E-state index contributed by atoms with van der Waals surface area (Å²) in [6, 6.07) is 14.1. The van der Waals surface area contributed by atoms with Gasteiger partial charge in [0.25, 0.3) is 5.56 Å². The van der Waals surface area contributed by atoms with Crippen molar-refractivity contribution < 1.29 is 0 Å². The molecule has 3 aromatic rings. The number of aromatic nitrogens is 2. The van der Waals surface area contributed by atoms with E-state index in [-0.39, 0.29) is 10.7 Å². The molecular formula is C17H11Cl3N4O. The van der Waals surface area contributed by atoms with Gasteiger partial charge in [-0.3, -0.25) is 10.2 Å². The second-order valence-corrected chi connectivity index (χ2v) is 6.12. The van der Waals surface area contributed by atoms with Gasteiger partial charge in [-0.25, -0.2) is 0 Å². The van der Waals surface area contributed by atoms with Crippen molar-refractivity contribution in [3.05, 3.63) is 85.7 Å². The topological polar surface area (TPSA) is 59.3 Å². The monoisotopic (exact) mass is 392 g/mol. The Labute approximate surface area is 158 Å². The van der Waals surface area contributed by atoms with E-state index in [2.05, 4.69) is 15.6 Å². The molecule has 1 heterocycles. The standard InChI is InChI=1S/C17H11Cl3N4O/c18-13-7-4-8-14(19)12(13)9-21-23-15-10-22-24(17(25)16(15)20)11-5-2-1-3-6-11/h1-10,23H/b21-9+. The molecule has 0 radical (unpaired) electrons. The van der Waals surface area contributed by atoms with E-state index in [9.17, 15) is 4.79 Å². The second kappa shape index (κ2) is 7.70. The minimum Gasteiger partial charge on any atom is -0.275 e. The molecule has 5 nitrogen and oxygen atoms in total. The molecule has 25 heavy (non-hydrogen) atoms. The van der Waals surface area contributed by atoms with Crippen molar-refractivity contribution in [3.63, 3.8) is 0 Å². The lowest BCUT2D eigenvalue weighted by Gasteiger charge is -2.07. The normalized spacial score (nSPS) is 11.0. The Morgan fingerprint density at radius 2 is 1.68 bits per heavy atom. The van der Waals surface area contributed by atoms with E-state index in [1.165, 1.54) is 17.1 Å². The molecule has 0 aliphatic carbocycles. The lowest BCUT2D eigenvalue weighted by molar-refractivity contribution is 0.808. The largest absolute Gasteiger partial charge is 0.292 e. The Bertz CT molecular complexity index is 967. The van der Waals surface area contributed by atoms with Crippen molar-refractivity contribution in [2.45, 2.75) is 0 Å². The van der Waals surface area contributed by atoms with Crippen LogP contribution in [0, 0.1) is 0 Å². The molecule has 126 valence electrons. The average Bonchev–Trinajstić information content (AvgIpc) is 2.62. The van der Waals surface area contributed by atoms with E-state index in [1.54, 1.807) is 42.5 Å². The van der Waals surface area contributed by atoms with Gasteiger partial charge in [-0.05, 0) is 24.3 Å². The van der Waals surface area contributed by atoms with E-state index in [1.807, 2.05) is 6.07 Å². The fourth-order valence-electron chi connectivity index (χ4n) is 2.06. The van der Waals surface area contributed by atoms with Crippen LogP contribution in [0.15, 0.2) is 64.6 Å². The maximum Gasteiger partial charge on any atom is 0.292 e. The zero-order valence-electron chi connectivity index (χ0n) is 12.7. The fourth-order valence-corrected chi connectivity index (χ4v) is 2.73. The molecule has 0 aliphatic heterocycles. The minimum absolute atomic E-state index is 0.0266. The van der Waals surface area contributed by atoms with Crippen LogP contribution in [0.5, 0.6) is 0 Å². The highest BCUT2D eigenvalue weighted by atomic mass is 35.5. The predicted molar refractivity (Wildman–Crippen MR) is 103 cm³/mol. The predicted octanol–water partition coefficient (Wildman–Crippen LogP) is 4.64. The first-order chi connectivity index (χ1) is 12.1. The van der Waals surface area contributed by atoms with Crippen LogP contribution in [-0.4, -0.2) is 16.0 Å². The van der Waals surface area contributed by atoms with Gasteiger partial charge in [-0.2, -0.15) is 14.9 Å². The van der Waals surface area contributed by atoms with Crippen LogP contribution in [0.3, 0.4) is 0 Å². The Hall–Kier alpha value is -2.34. The van der Waals surface area contributed by atoms with Crippen LogP contribution in [0.1, 0.15) is 5.56 Å². The number of nitrogens with one attached hydrogen (secondary N) is 1. The third-order valence-corrected chi connectivity index (χ3v) is 4.32. The summed E-state index contributed by atoms with van der Waals surface area (Å²) in [5, 5.41) is 9.02. The van der Waals surface area contributed by atoms with Gasteiger partial charge in [-0.1, -0.05) is 59.1 Å². The smallest absolute Gasteiger partial charge is 0.275 e. The summed E-state index contributed by atoms with van der Waals surface area (Å²) in [7, 11) is 0. The lowest BCUT2D eigenvalue weighted by Crippen LogP contribution is -2.22. The summed E-state index contributed by atoms with van der Waals surface area (Å²) in [4.78, 5) is 12.4. The van der Waals surface area contributed by atoms with Crippen LogP contribution in [-0.2, 0) is 0 Å². The molecule has 2 aromatic carbocycles. The van der Waals surface area contributed by atoms with Gasteiger partial charge in [0.05, 0.1) is 28.1 Å². The molecule has 0 atom stereocenters. The number of anilines is 1.